The lowest BCUT2D eigenvalue weighted by Crippen LogP contribution is -2.46. The maximum absolute atomic E-state index is 11.6. The molecule has 0 spiro atoms. The minimum Gasteiger partial charge on any atom is -0.478 e. The maximum Gasteiger partial charge on any atom is 0.328 e. The summed E-state index contributed by atoms with van der Waals surface area (Å²) in [6, 6.07) is 7.61. The van der Waals surface area contributed by atoms with Crippen LogP contribution in [0.15, 0.2) is 30.3 Å². The molecular formula is C15H19NO4S. The van der Waals surface area contributed by atoms with Gasteiger partial charge in [-0.05, 0) is 24.1 Å². The van der Waals surface area contributed by atoms with E-state index >= 15 is 0 Å². The van der Waals surface area contributed by atoms with E-state index in [4.69, 9.17) is 5.11 Å². The van der Waals surface area contributed by atoms with Crippen LogP contribution in [-0.4, -0.2) is 48.5 Å². The Morgan fingerprint density at radius 1 is 1.48 bits per heavy atom. The molecule has 1 heterocycles. The van der Waals surface area contributed by atoms with Gasteiger partial charge in [0, 0.05) is 25.2 Å². The van der Waals surface area contributed by atoms with Gasteiger partial charge in [0.1, 0.15) is 0 Å². The minimum atomic E-state index is -2.90. The highest BCUT2D eigenvalue weighted by atomic mass is 32.2. The highest BCUT2D eigenvalue weighted by Crippen LogP contribution is 2.16. The van der Waals surface area contributed by atoms with Crippen molar-refractivity contribution in [3.05, 3.63) is 41.5 Å². The van der Waals surface area contributed by atoms with E-state index in [0.717, 1.165) is 17.2 Å². The Kier molecular flexibility index (Phi) is 4.80. The number of aliphatic carboxylic acids is 1. The zero-order chi connectivity index (χ0) is 15.5. The van der Waals surface area contributed by atoms with Crippen LogP contribution in [0.1, 0.15) is 18.1 Å². The molecule has 21 heavy (non-hydrogen) atoms. The Balaban J connectivity index is 2.06. The van der Waals surface area contributed by atoms with Crippen molar-refractivity contribution in [3.8, 4) is 0 Å². The minimum absolute atomic E-state index is 0.00182. The Labute approximate surface area is 124 Å². The number of carbonyl (C=O) groups is 1. The van der Waals surface area contributed by atoms with Crippen molar-refractivity contribution in [2.45, 2.75) is 19.5 Å². The van der Waals surface area contributed by atoms with E-state index in [1.54, 1.807) is 6.08 Å². The second-order valence-corrected chi connectivity index (χ2v) is 7.58. The summed E-state index contributed by atoms with van der Waals surface area (Å²) in [4.78, 5) is 12.7. The number of benzene rings is 1. The fourth-order valence-corrected chi connectivity index (χ4v) is 4.09. The fraction of sp³-hybridized carbons (Fsp3) is 0.400. The monoisotopic (exact) mass is 309 g/mol. The highest BCUT2D eigenvalue weighted by molar-refractivity contribution is 7.91. The zero-order valence-electron chi connectivity index (χ0n) is 11.9. The van der Waals surface area contributed by atoms with Crippen molar-refractivity contribution in [1.29, 1.82) is 0 Å². The third kappa shape index (κ3) is 4.68. The van der Waals surface area contributed by atoms with Crippen LogP contribution < -0.4 is 0 Å². The standard InChI is InChI=1S/C15H19NO4S/c1-12-11-21(19,20)8-7-16(12)10-14-4-2-3-13(9-14)5-6-15(17)18/h2-6,9,12H,7-8,10-11H2,1H3,(H,17,18)/b6-5+. The number of carboxylic acids is 1. The molecule has 5 nitrogen and oxygen atoms in total. The van der Waals surface area contributed by atoms with Gasteiger partial charge in [-0.15, -0.1) is 0 Å². The molecule has 0 aromatic heterocycles. The molecule has 2 rings (SSSR count). The van der Waals surface area contributed by atoms with Crippen molar-refractivity contribution in [3.63, 3.8) is 0 Å². The molecule has 0 radical (unpaired) electrons. The van der Waals surface area contributed by atoms with Crippen LogP contribution in [0, 0.1) is 0 Å². The number of rotatable bonds is 4. The smallest absolute Gasteiger partial charge is 0.328 e. The second-order valence-electron chi connectivity index (χ2n) is 5.35. The van der Waals surface area contributed by atoms with Gasteiger partial charge in [0.05, 0.1) is 11.5 Å². The van der Waals surface area contributed by atoms with Crippen molar-refractivity contribution >= 4 is 21.9 Å². The number of nitrogens with zero attached hydrogens (tertiary/aromatic N) is 1. The quantitative estimate of drug-likeness (QED) is 0.851. The van der Waals surface area contributed by atoms with Gasteiger partial charge in [-0.3, -0.25) is 4.90 Å². The van der Waals surface area contributed by atoms with Crippen LogP contribution in [0.3, 0.4) is 0 Å². The van der Waals surface area contributed by atoms with E-state index in [1.165, 1.54) is 0 Å². The molecule has 1 unspecified atom stereocenters. The molecule has 1 N–H and O–H groups in total. The van der Waals surface area contributed by atoms with Crippen LogP contribution >= 0.6 is 0 Å². The van der Waals surface area contributed by atoms with Crippen molar-refractivity contribution in [2.75, 3.05) is 18.1 Å². The third-order valence-corrected chi connectivity index (χ3v) is 5.36. The summed E-state index contributed by atoms with van der Waals surface area (Å²) < 4.78 is 23.1. The Morgan fingerprint density at radius 3 is 2.90 bits per heavy atom. The fourth-order valence-electron chi connectivity index (χ4n) is 2.47. The Hall–Kier alpha value is -1.66. The molecule has 6 heteroatoms. The van der Waals surface area contributed by atoms with E-state index in [2.05, 4.69) is 4.90 Å². The van der Waals surface area contributed by atoms with E-state index < -0.39 is 15.8 Å². The van der Waals surface area contributed by atoms with Crippen molar-refractivity contribution < 1.29 is 18.3 Å². The summed E-state index contributed by atoms with van der Waals surface area (Å²) in [6.07, 6.45) is 2.66. The molecule has 1 atom stereocenters. The van der Waals surface area contributed by atoms with Gasteiger partial charge >= 0.3 is 5.97 Å². The Morgan fingerprint density at radius 2 is 2.24 bits per heavy atom. The molecule has 114 valence electrons. The van der Waals surface area contributed by atoms with Crippen LogP contribution in [0.5, 0.6) is 0 Å². The summed E-state index contributed by atoms with van der Waals surface area (Å²) in [7, 11) is -2.90. The lowest BCUT2D eigenvalue weighted by Gasteiger charge is -2.33. The average molecular weight is 309 g/mol. The van der Waals surface area contributed by atoms with Gasteiger partial charge < -0.3 is 5.11 Å². The number of hydrogen-bond donors (Lipinski definition) is 1. The van der Waals surface area contributed by atoms with Crippen molar-refractivity contribution in [1.82, 2.24) is 4.90 Å². The normalized spacial score (nSPS) is 22.4. The van der Waals surface area contributed by atoms with Gasteiger partial charge in [-0.2, -0.15) is 0 Å². The van der Waals surface area contributed by atoms with Gasteiger partial charge in [-0.25, -0.2) is 13.2 Å². The first-order chi connectivity index (χ1) is 9.85. The predicted molar refractivity (Wildman–Crippen MR) is 81.6 cm³/mol. The highest BCUT2D eigenvalue weighted by Gasteiger charge is 2.27. The first-order valence-corrected chi connectivity index (χ1v) is 8.62. The van der Waals surface area contributed by atoms with Gasteiger partial charge in [0.2, 0.25) is 0 Å². The molecular weight excluding hydrogens is 290 g/mol. The lowest BCUT2D eigenvalue weighted by atomic mass is 10.1. The third-order valence-electron chi connectivity index (χ3n) is 3.56. The average Bonchev–Trinajstić information content (AvgIpc) is 2.40. The number of hydrogen-bond acceptors (Lipinski definition) is 4. The van der Waals surface area contributed by atoms with Crippen LogP contribution in [0.2, 0.25) is 0 Å². The summed E-state index contributed by atoms with van der Waals surface area (Å²) >= 11 is 0. The van der Waals surface area contributed by atoms with E-state index in [9.17, 15) is 13.2 Å². The molecule has 1 fully saturated rings. The van der Waals surface area contributed by atoms with Crippen LogP contribution in [-0.2, 0) is 21.2 Å². The van der Waals surface area contributed by atoms with Crippen molar-refractivity contribution in [2.24, 2.45) is 0 Å². The molecule has 1 aromatic rings. The summed E-state index contributed by atoms with van der Waals surface area (Å²) in [6.45, 7) is 3.13. The maximum atomic E-state index is 11.6. The molecule has 1 saturated heterocycles. The van der Waals surface area contributed by atoms with Crippen LogP contribution in [0.25, 0.3) is 6.08 Å². The molecule has 0 saturated carbocycles. The summed E-state index contributed by atoms with van der Waals surface area (Å²) in [5.74, 6) is -0.572. The van der Waals surface area contributed by atoms with E-state index in [0.29, 0.717) is 13.1 Å². The van der Waals surface area contributed by atoms with E-state index in [1.807, 2.05) is 31.2 Å². The molecule has 1 aliphatic heterocycles. The topological polar surface area (TPSA) is 74.7 Å². The Bertz CT molecular complexity index is 651. The lowest BCUT2D eigenvalue weighted by molar-refractivity contribution is -0.131. The van der Waals surface area contributed by atoms with E-state index in [-0.39, 0.29) is 17.5 Å². The molecule has 1 aromatic carbocycles. The first kappa shape index (κ1) is 15.7. The summed E-state index contributed by atoms with van der Waals surface area (Å²) in [5.41, 5.74) is 1.88. The van der Waals surface area contributed by atoms with Crippen LogP contribution in [0.4, 0.5) is 0 Å². The molecule has 1 aliphatic rings. The predicted octanol–water partition coefficient (Wildman–Crippen LogP) is 1.40. The molecule has 0 aliphatic carbocycles. The van der Waals surface area contributed by atoms with Gasteiger partial charge in [-0.1, -0.05) is 24.3 Å². The first-order valence-electron chi connectivity index (χ1n) is 6.80. The summed E-state index contributed by atoms with van der Waals surface area (Å²) in [5, 5.41) is 8.64. The molecule has 0 amide bonds. The SMILES string of the molecule is CC1CS(=O)(=O)CCN1Cc1cccc(/C=C/C(=O)O)c1. The second kappa shape index (κ2) is 6.41. The largest absolute Gasteiger partial charge is 0.478 e. The zero-order valence-corrected chi connectivity index (χ0v) is 12.7. The molecule has 0 bridgehead atoms. The van der Waals surface area contributed by atoms with Gasteiger partial charge in [0.15, 0.2) is 9.84 Å². The number of carboxylic acid groups (broad SMARTS) is 1. The van der Waals surface area contributed by atoms with Gasteiger partial charge in [0.25, 0.3) is 0 Å². The number of sulfone groups is 1.